The number of pyridine rings is 1. The zero-order chi connectivity index (χ0) is 17.5. The fourth-order valence-electron chi connectivity index (χ4n) is 2.53. The first-order chi connectivity index (χ1) is 12.3. The predicted molar refractivity (Wildman–Crippen MR) is 102 cm³/mol. The van der Waals surface area contributed by atoms with Gasteiger partial charge in [0.2, 0.25) is 5.91 Å². The Morgan fingerprint density at radius 3 is 2.72 bits per heavy atom. The minimum atomic E-state index is 0.0337. The van der Waals surface area contributed by atoms with Gasteiger partial charge in [0, 0.05) is 23.0 Å². The minimum Gasteiger partial charge on any atom is -0.497 e. The molecule has 1 heterocycles. The average molecular weight is 352 g/mol. The van der Waals surface area contributed by atoms with Crippen molar-refractivity contribution in [2.45, 2.75) is 11.3 Å². The summed E-state index contributed by atoms with van der Waals surface area (Å²) < 4.78 is 5.14. The van der Waals surface area contributed by atoms with Crippen LogP contribution in [0.4, 0.5) is 0 Å². The lowest BCUT2D eigenvalue weighted by Gasteiger charge is -2.07. The number of para-hydroxylation sites is 1. The summed E-state index contributed by atoms with van der Waals surface area (Å²) in [7, 11) is 1.65. The molecule has 0 bridgehead atoms. The Hall–Kier alpha value is -2.53. The number of carbonyl (C=O) groups excluding carboxylic acids is 1. The number of hydrogen-bond donors (Lipinski definition) is 1. The van der Waals surface area contributed by atoms with E-state index in [1.54, 1.807) is 13.3 Å². The molecular formula is C20H20N2O2S. The first-order valence-corrected chi connectivity index (χ1v) is 9.11. The molecule has 128 valence electrons. The monoisotopic (exact) mass is 352 g/mol. The van der Waals surface area contributed by atoms with Crippen molar-refractivity contribution in [3.8, 4) is 5.75 Å². The Kier molecular flexibility index (Phi) is 5.90. The highest BCUT2D eigenvalue weighted by atomic mass is 32.2. The molecule has 25 heavy (non-hydrogen) atoms. The molecule has 1 N–H and O–H groups in total. The van der Waals surface area contributed by atoms with Crippen LogP contribution in [0.25, 0.3) is 10.9 Å². The molecule has 0 unspecified atom stereocenters. The van der Waals surface area contributed by atoms with Crippen molar-refractivity contribution in [1.29, 1.82) is 0 Å². The number of ether oxygens (including phenoxy) is 1. The number of amides is 1. The lowest BCUT2D eigenvalue weighted by molar-refractivity contribution is -0.118. The molecule has 5 heteroatoms. The van der Waals surface area contributed by atoms with Gasteiger partial charge in [0.1, 0.15) is 5.75 Å². The van der Waals surface area contributed by atoms with E-state index in [1.807, 2.05) is 54.6 Å². The van der Waals surface area contributed by atoms with Crippen molar-refractivity contribution in [2.24, 2.45) is 0 Å². The number of rotatable bonds is 7. The Labute approximate surface area is 151 Å². The Balaban J connectivity index is 1.47. The van der Waals surface area contributed by atoms with Crippen molar-refractivity contribution in [2.75, 3.05) is 19.4 Å². The van der Waals surface area contributed by atoms with E-state index < -0.39 is 0 Å². The maximum atomic E-state index is 12.1. The molecule has 0 aliphatic heterocycles. The van der Waals surface area contributed by atoms with Gasteiger partial charge in [-0.3, -0.25) is 9.78 Å². The summed E-state index contributed by atoms with van der Waals surface area (Å²) in [4.78, 5) is 17.5. The summed E-state index contributed by atoms with van der Waals surface area (Å²) in [5, 5.41) is 4.06. The van der Waals surface area contributed by atoms with Crippen LogP contribution in [0.15, 0.2) is 65.7 Å². The van der Waals surface area contributed by atoms with Gasteiger partial charge < -0.3 is 10.1 Å². The molecule has 0 aliphatic rings. The van der Waals surface area contributed by atoms with Crippen molar-refractivity contribution in [3.63, 3.8) is 0 Å². The molecule has 3 aromatic rings. The third kappa shape index (κ3) is 4.73. The fraction of sp³-hybridized carbons (Fsp3) is 0.200. The second-order valence-corrected chi connectivity index (χ2v) is 6.59. The smallest absolute Gasteiger partial charge is 0.230 e. The van der Waals surface area contributed by atoms with Crippen molar-refractivity contribution in [1.82, 2.24) is 10.3 Å². The van der Waals surface area contributed by atoms with Gasteiger partial charge in [-0.15, -0.1) is 11.8 Å². The molecule has 0 atom stereocenters. The molecule has 1 aromatic heterocycles. The van der Waals surface area contributed by atoms with Crippen molar-refractivity contribution < 1.29 is 9.53 Å². The van der Waals surface area contributed by atoms with Gasteiger partial charge >= 0.3 is 0 Å². The van der Waals surface area contributed by atoms with Gasteiger partial charge in [-0.05, 0) is 36.2 Å². The van der Waals surface area contributed by atoms with Crippen LogP contribution in [0.2, 0.25) is 0 Å². The van der Waals surface area contributed by atoms with Gasteiger partial charge in [-0.25, -0.2) is 0 Å². The molecule has 0 spiro atoms. The number of aromatic nitrogens is 1. The lowest BCUT2D eigenvalue weighted by atomic mass is 10.1. The average Bonchev–Trinajstić information content (AvgIpc) is 2.67. The zero-order valence-corrected chi connectivity index (χ0v) is 14.9. The van der Waals surface area contributed by atoms with Gasteiger partial charge in [0.15, 0.2) is 0 Å². The van der Waals surface area contributed by atoms with Crippen LogP contribution in [0.3, 0.4) is 0 Å². The third-order valence-electron chi connectivity index (χ3n) is 3.85. The summed E-state index contributed by atoms with van der Waals surface area (Å²) in [6, 6.07) is 17.9. The number of carbonyl (C=O) groups is 1. The molecule has 1 amide bonds. The number of thioether (sulfide) groups is 1. The van der Waals surface area contributed by atoms with E-state index in [0.29, 0.717) is 12.3 Å². The fourth-order valence-corrected chi connectivity index (χ4v) is 3.40. The molecule has 0 saturated carbocycles. The van der Waals surface area contributed by atoms with Crippen molar-refractivity contribution >= 4 is 28.6 Å². The highest BCUT2D eigenvalue weighted by Gasteiger charge is 2.06. The highest BCUT2D eigenvalue weighted by Crippen LogP contribution is 2.25. The van der Waals surface area contributed by atoms with Crippen LogP contribution >= 0.6 is 11.8 Å². The third-order valence-corrected chi connectivity index (χ3v) is 4.90. The SMILES string of the molecule is COc1ccc(CCNC(=O)CSc2cccc3cccnc23)cc1. The Morgan fingerprint density at radius 1 is 1.12 bits per heavy atom. The van der Waals surface area contributed by atoms with Crippen LogP contribution in [0.1, 0.15) is 5.56 Å². The molecule has 0 aliphatic carbocycles. The number of benzene rings is 2. The second kappa shape index (κ2) is 8.53. The van der Waals surface area contributed by atoms with Crippen molar-refractivity contribution in [3.05, 3.63) is 66.4 Å². The highest BCUT2D eigenvalue weighted by molar-refractivity contribution is 8.00. The van der Waals surface area contributed by atoms with Crippen LogP contribution < -0.4 is 10.1 Å². The van der Waals surface area contributed by atoms with E-state index in [9.17, 15) is 4.79 Å². The number of nitrogens with zero attached hydrogens (tertiary/aromatic N) is 1. The summed E-state index contributed by atoms with van der Waals surface area (Å²) >= 11 is 1.52. The quantitative estimate of drug-likeness (QED) is 0.659. The Bertz CT molecular complexity index is 844. The summed E-state index contributed by atoms with van der Waals surface area (Å²) in [5.74, 6) is 1.26. The van der Waals surface area contributed by atoms with Crippen LogP contribution in [0.5, 0.6) is 5.75 Å². The van der Waals surface area contributed by atoms with Gasteiger partial charge in [-0.1, -0.05) is 30.3 Å². The molecule has 3 rings (SSSR count). The van der Waals surface area contributed by atoms with E-state index in [1.165, 1.54) is 17.3 Å². The zero-order valence-electron chi connectivity index (χ0n) is 14.1. The molecule has 4 nitrogen and oxygen atoms in total. The normalized spacial score (nSPS) is 10.6. The Morgan fingerprint density at radius 2 is 1.92 bits per heavy atom. The molecular weight excluding hydrogens is 332 g/mol. The summed E-state index contributed by atoms with van der Waals surface area (Å²) in [5.41, 5.74) is 2.12. The molecule has 2 aromatic carbocycles. The topological polar surface area (TPSA) is 51.2 Å². The van der Waals surface area contributed by atoms with Crippen LogP contribution in [0, 0.1) is 0 Å². The largest absolute Gasteiger partial charge is 0.497 e. The van der Waals surface area contributed by atoms with E-state index in [4.69, 9.17) is 4.74 Å². The first kappa shape index (κ1) is 17.3. The van der Waals surface area contributed by atoms with E-state index >= 15 is 0 Å². The summed E-state index contributed by atoms with van der Waals surface area (Å²) in [6.45, 7) is 0.625. The molecule has 0 fully saturated rings. The molecule has 0 radical (unpaired) electrons. The number of hydrogen-bond acceptors (Lipinski definition) is 4. The summed E-state index contributed by atoms with van der Waals surface area (Å²) in [6.07, 6.45) is 2.58. The van der Waals surface area contributed by atoms with Crippen LogP contribution in [-0.4, -0.2) is 30.3 Å². The first-order valence-electron chi connectivity index (χ1n) is 8.12. The molecule has 0 saturated heterocycles. The van der Waals surface area contributed by atoms with E-state index in [2.05, 4.69) is 10.3 Å². The van der Waals surface area contributed by atoms with Gasteiger partial charge in [0.05, 0.1) is 18.4 Å². The van der Waals surface area contributed by atoms with E-state index in [-0.39, 0.29) is 5.91 Å². The maximum absolute atomic E-state index is 12.1. The second-order valence-electron chi connectivity index (χ2n) is 5.57. The number of fused-ring (bicyclic) bond motifs is 1. The van der Waals surface area contributed by atoms with Gasteiger partial charge in [0.25, 0.3) is 0 Å². The standard InChI is InChI=1S/C20H20N2O2S/c1-24-17-9-7-15(8-10-17)11-13-21-19(23)14-25-18-6-2-4-16-5-3-12-22-20(16)18/h2-10,12H,11,13-14H2,1H3,(H,21,23). The predicted octanol–water partition coefficient (Wildman–Crippen LogP) is 3.69. The lowest BCUT2D eigenvalue weighted by Crippen LogP contribution is -2.27. The van der Waals surface area contributed by atoms with Gasteiger partial charge in [-0.2, -0.15) is 0 Å². The van der Waals surface area contributed by atoms with E-state index in [0.717, 1.165) is 28.0 Å². The minimum absolute atomic E-state index is 0.0337. The number of methoxy groups -OCH3 is 1. The number of nitrogens with one attached hydrogen (secondary N) is 1. The maximum Gasteiger partial charge on any atom is 0.230 e. The van der Waals surface area contributed by atoms with Crippen LogP contribution in [-0.2, 0) is 11.2 Å².